The van der Waals surface area contributed by atoms with Gasteiger partial charge in [0.15, 0.2) is 0 Å². The second-order valence-electron chi connectivity index (χ2n) is 2.71. The van der Waals surface area contributed by atoms with Gasteiger partial charge in [0.05, 0.1) is 18.9 Å². The molecule has 1 atom stereocenters. The van der Waals surface area contributed by atoms with Crippen LogP contribution < -0.4 is 10.5 Å². The van der Waals surface area contributed by atoms with E-state index in [1.54, 1.807) is 25.4 Å². The maximum atomic E-state index is 9.54. The van der Waals surface area contributed by atoms with E-state index in [0.29, 0.717) is 24.4 Å². The van der Waals surface area contributed by atoms with Crippen molar-refractivity contribution in [1.82, 2.24) is 4.98 Å². The highest BCUT2D eigenvalue weighted by atomic mass is 16.5. The summed E-state index contributed by atoms with van der Waals surface area (Å²) < 4.78 is 5.00. The molecule has 1 aromatic heterocycles. The maximum absolute atomic E-state index is 9.54. The normalized spacial score (nSPS) is 12.5. The first-order valence-corrected chi connectivity index (χ1v) is 4.16. The van der Waals surface area contributed by atoms with Crippen LogP contribution in [0.25, 0.3) is 0 Å². The zero-order chi connectivity index (χ0) is 9.68. The molecule has 1 rings (SSSR count). The van der Waals surface area contributed by atoms with E-state index in [0.717, 1.165) is 0 Å². The van der Waals surface area contributed by atoms with Crippen LogP contribution in [0.2, 0.25) is 0 Å². The predicted octanol–water partition coefficient (Wildman–Crippen LogP) is 0.472. The number of hydrogen-bond donors (Lipinski definition) is 2. The lowest BCUT2D eigenvalue weighted by atomic mass is 10.1. The minimum absolute atomic E-state index is 0.445. The molecule has 0 aliphatic carbocycles. The van der Waals surface area contributed by atoms with Gasteiger partial charge in [-0.05, 0) is 19.0 Å². The Balaban J connectivity index is 2.75. The molecule has 0 amide bonds. The van der Waals surface area contributed by atoms with Gasteiger partial charge in [-0.2, -0.15) is 0 Å². The Morgan fingerprint density at radius 2 is 2.46 bits per heavy atom. The van der Waals surface area contributed by atoms with Crippen LogP contribution in [0.1, 0.15) is 18.2 Å². The molecule has 1 heterocycles. The average Bonchev–Trinajstić information content (AvgIpc) is 2.18. The number of nitrogens with zero attached hydrogens (tertiary/aromatic N) is 1. The first-order chi connectivity index (χ1) is 6.27. The Kier molecular flexibility index (Phi) is 3.67. The lowest BCUT2D eigenvalue weighted by Gasteiger charge is -2.09. The molecule has 0 spiro atoms. The smallest absolute Gasteiger partial charge is 0.122 e. The SMILES string of the molecule is COc1ccnc([C@H](O)CCN)c1. The molecule has 0 saturated carbocycles. The Labute approximate surface area is 77.4 Å². The molecule has 0 aromatic carbocycles. The number of rotatable bonds is 4. The molecular weight excluding hydrogens is 168 g/mol. The molecule has 3 N–H and O–H groups in total. The van der Waals surface area contributed by atoms with Gasteiger partial charge < -0.3 is 15.6 Å². The summed E-state index contributed by atoms with van der Waals surface area (Å²) in [7, 11) is 1.58. The van der Waals surface area contributed by atoms with Gasteiger partial charge in [-0.25, -0.2) is 0 Å². The number of hydrogen-bond acceptors (Lipinski definition) is 4. The van der Waals surface area contributed by atoms with Crippen LogP contribution in [0.3, 0.4) is 0 Å². The molecule has 4 heteroatoms. The van der Waals surface area contributed by atoms with Crippen LogP contribution >= 0.6 is 0 Å². The van der Waals surface area contributed by atoms with Crippen molar-refractivity contribution in [1.29, 1.82) is 0 Å². The summed E-state index contributed by atoms with van der Waals surface area (Å²) in [5.74, 6) is 0.695. The summed E-state index contributed by atoms with van der Waals surface area (Å²) in [4.78, 5) is 4.02. The summed E-state index contributed by atoms with van der Waals surface area (Å²) in [6, 6.07) is 3.44. The lowest BCUT2D eigenvalue weighted by Crippen LogP contribution is -2.08. The topological polar surface area (TPSA) is 68.4 Å². The van der Waals surface area contributed by atoms with Gasteiger partial charge in [0.25, 0.3) is 0 Å². The van der Waals surface area contributed by atoms with Crippen molar-refractivity contribution >= 4 is 0 Å². The Morgan fingerprint density at radius 3 is 3.08 bits per heavy atom. The molecule has 1 aromatic rings. The fourth-order valence-electron chi connectivity index (χ4n) is 1.04. The van der Waals surface area contributed by atoms with E-state index in [2.05, 4.69) is 4.98 Å². The van der Waals surface area contributed by atoms with Crippen molar-refractivity contribution in [3.8, 4) is 5.75 Å². The fourth-order valence-corrected chi connectivity index (χ4v) is 1.04. The molecule has 4 nitrogen and oxygen atoms in total. The fraction of sp³-hybridized carbons (Fsp3) is 0.444. The molecule has 0 aliphatic rings. The van der Waals surface area contributed by atoms with Crippen LogP contribution in [0, 0.1) is 0 Å². The number of nitrogens with two attached hydrogens (primary N) is 1. The Bertz CT molecular complexity index is 266. The van der Waals surface area contributed by atoms with E-state index in [4.69, 9.17) is 10.5 Å². The minimum atomic E-state index is -0.597. The third kappa shape index (κ3) is 2.68. The molecule has 72 valence electrons. The van der Waals surface area contributed by atoms with Crippen molar-refractivity contribution in [2.75, 3.05) is 13.7 Å². The molecule has 0 radical (unpaired) electrons. The Hall–Kier alpha value is -1.13. The number of pyridine rings is 1. The standard InChI is InChI=1S/C9H14N2O2/c1-13-7-3-5-11-8(6-7)9(12)2-4-10/h3,5-6,9,12H,2,4,10H2,1H3/t9-/m1/s1. The molecule has 0 fully saturated rings. The van der Waals surface area contributed by atoms with Crippen LogP contribution in [0.4, 0.5) is 0 Å². The molecule has 0 bridgehead atoms. The number of ether oxygens (including phenoxy) is 1. The maximum Gasteiger partial charge on any atom is 0.122 e. The van der Waals surface area contributed by atoms with Crippen molar-refractivity contribution in [3.63, 3.8) is 0 Å². The third-order valence-corrected chi connectivity index (χ3v) is 1.77. The first kappa shape index (κ1) is 9.95. The van der Waals surface area contributed by atoms with E-state index >= 15 is 0 Å². The molecule has 13 heavy (non-hydrogen) atoms. The van der Waals surface area contributed by atoms with Gasteiger partial charge in [-0.3, -0.25) is 4.98 Å². The van der Waals surface area contributed by atoms with Crippen molar-refractivity contribution in [3.05, 3.63) is 24.0 Å². The number of methoxy groups -OCH3 is 1. The van der Waals surface area contributed by atoms with Crippen molar-refractivity contribution < 1.29 is 9.84 Å². The van der Waals surface area contributed by atoms with Gasteiger partial charge in [0.1, 0.15) is 5.75 Å². The second kappa shape index (κ2) is 4.79. The van der Waals surface area contributed by atoms with E-state index in [-0.39, 0.29) is 0 Å². The van der Waals surface area contributed by atoms with E-state index in [1.165, 1.54) is 0 Å². The van der Waals surface area contributed by atoms with Crippen LogP contribution in [-0.2, 0) is 0 Å². The van der Waals surface area contributed by atoms with Gasteiger partial charge in [0, 0.05) is 12.3 Å². The van der Waals surface area contributed by atoms with Crippen molar-refractivity contribution in [2.45, 2.75) is 12.5 Å². The summed E-state index contributed by atoms with van der Waals surface area (Å²) in [5, 5.41) is 9.54. The zero-order valence-electron chi connectivity index (χ0n) is 7.60. The third-order valence-electron chi connectivity index (χ3n) is 1.77. The highest BCUT2D eigenvalue weighted by Gasteiger charge is 2.08. The largest absolute Gasteiger partial charge is 0.497 e. The van der Waals surface area contributed by atoms with E-state index < -0.39 is 6.10 Å². The highest BCUT2D eigenvalue weighted by Crippen LogP contribution is 2.17. The highest BCUT2D eigenvalue weighted by molar-refractivity contribution is 5.23. The van der Waals surface area contributed by atoms with Crippen LogP contribution in [-0.4, -0.2) is 23.7 Å². The number of aliphatic hydroxyl groups is 1. The molecule has 0 unspecified atom stereocenters. The van der Waals surface area contributed by atoms with E-state index in [9.17, 15) is 5.11 Å². The van der Waals surface area contributed by atoms with Crippen LogP contribution in [0.5, 0.6) is 5.75 Å². The number of aromatic nitrogens is 1. The minimum Gasteiger partial charge on any atom is -0.497 e. The summed E-state index contributed by atoms with van der Waals surface area (Å²) in [6.45, 7) is 0.445. The number of aliphatic hydroxyl groups excluding tert-OH is 1. The summed E-state index contributed by atoms with van der Waals surface area (Å²) in [6.07, 6.45) is 1.52. The molecular formula is C9H14N2O2. The molecule has 0 saturated heterocycles. The quantitative estimate of drug-likeness (QED) is 0.710. The van der Waals surface area contributed by atoms with Crippen LogP contribution in [0.15, 0.2) is 18.3 Å². The average molecular weight is 182 g/mol. The predicted molar refractivity (Wildman–Crippen MR) is 49.4 cm³/mol. The van der Waals surface area contributed by atoms with Crippen molar-refractivity contribution in [2.24, 2.45) is 5.73 Å². The monoisotopic (exact) mass is 182 g/mol. The lowest BCUT2D eigenvalue weighted by molar-refractivity contribution is 0.165. The molecule has 0 aliphatic heterocycles. The first-order valence-electron chi connectivity index (χ1n) is 4.16. The summed E-state index contributed by atoms with van der Waals surface area (Å²) in [5.41, 5.74) is 5.92. The van der Waals surface area contributed by atoms with Gasteiger partial charge in [-0.15, -0.1) is 0 Å². The van der Waals surface area contributed by atoms with Gasteiger partial charge >= 0.3 is 0 Å². The zero-order valence-corrected chi connectivity index (χ0v) is 7.60. The second-order valence-corrected chi connectivity index (χ2v) is 2.71. The van der Waals surface area contributed by atoms with Gasteiger partial charge in [0.2, 0.25) is 0 Å². The van der Waals surface area contributed by atoms with Gasteiger partial charge in [-0.1, -0.05) is 0 Å². The van der Waals surface area contributed by atoms with E-state index in [1.807, 2.05) is 0 Å². The summed E-state index contributed by atoms with van der Waals surface area (Å²) >= 11 is 0. The Morgan fingerprint density at radius 1 is 1.69 bits per heavy atom.